The monoisotopic (exact) mass is 356 g/mol. The standard InChI is InChI=1S/C21H25ClN2O/c1-15-9-11-24(12-10-15)14-17-3-5-18(6-4-17)21(25)23-20-8-7-19(22)13-16(20)2/h3-8,13,15H,9-12,14H2,1-2H3,(H,23,25). The number of carbonyl (C=O) groups excluding carboxylic acids is 1. The van der Waals surface area contributed by atoms with Gasteiger partial charge in [-0.05, 0) is 80.2 Å². The van der Waals surface area contributed by atoms with Gasteiger partial charge in [0.15, 0.2) is 0 Å². The average molecular weight is 357 g/mol. The summed E-state index contributed by atoms with van der Waals surface area (Å²) in [6.45, 7) is 7.56. The van der Waals surface area contributed by atoms with Crippen LogP contribution in [0.4, 0.5) is 5.69 Å². The smallest absolute Gasteiger partial charge is 0.255 e. The fourth-order valence-electron chi connectivity index (χ4n) is 3.20. The minimum atomic E-state index is -0.0937. The Labute approximate surface area is 155 Å². The second kappa shape index (κ2) is 8.03. The summed E-state index contributed by atoms with van der Waals surface area (Å²) in [4.78, 5) is 14.9. The first-order valence-electron chi connectivity index (χ1n) is 8.90. The molecular weight excluding hydrogens is 332 g/mol. The van der Waals surface area contributed by atoms with E-state index in [2.05, 4.69) is 29.3 Å². The van der Waals surface area contributed by atoms with Gasteiger partial charge in [0.25, 0.3) is 5.91 Å². The summed E-state index contributed by atoms with van der Waals surface area (Å²) in [5.74, 6) is 0.752. The number of nitrogens with one attached hydrogen (secondary N) is 1. The van der Waals surface area contributed by atoms with Crippen LogP contribution in [0, 0.1) is 12.8 Å². The van der Waals surface area contributed by atoms with Gasteiger partial charge in [-0.15, -0.1) is 0 Å². The van der Waals surface area contributed by atoms with Crippen molar-refractivity contribution in [3.05, 3.63) is 64.2 Å². The minimum absolute atomic E-state index is 0.0937. The second-order valence-electron chi connectivity index (χ2n) is 7.07. The maximum Gasteiger partial charge on any atom is 0.255 e. The quantitative estimate of drug-likeness (QED) is 0.823. The number of anilines is 1. The molecule has 0 aliphatic carbocycles. The van der Waals surface area contributed by atoms with Crippen molar-refractivity contribution in [3.8, 4) is 0 Å². The Kier molecular flexibility index (Phi) is 5.77. The maximum atomic E-state index is 12.4. The molecule has 0 spiro atoms. The first-order valence-corrected chi connectivity index (χ1v) is 9.28. The van der Waals surface area contributed by atoms with Crippen LogP contribution in [-0.2, 0) is 6.54 Å². The topological polar surface area (TPSA) is 32.3 Å². The highest BCUT2D eigenvalue weighted by atomic mass is 35.5. The molecule has 1 N–H and O–H groups in total. The summed E-state index contributed by atoms with van der Waals surface area (Å²) in [6.07, 6.45) is 2.56. The lowest BCUT2D eigenvalue weighted by Crippen LogP contribution is -2.32. The van der Waals surface area contributed by atoms with Crippen LogP contribution >= 0.6 is 11.6 Å². The molecule has 1 heterocycles. The first-order chi connectivity index (χ1) is 12.0. The predicted molar refractivity (Wildman–Crippen MR) is 104 cm³/mol. The number of halogens is 1. The van der Waals surface area contributed by atoms with Gasteiger partial charge < -0.3 is 5.32 Å². The van der Waals surface area contributed by atoms with Crippen LogP contribution in [0.2, 0.25) is 5.02 Å². The summed E-state index contributed by atoms with van der Waals surface area (Å²) in [7, 11) is 0. The molecule has 2 aromatic rings. The Balaban J connectivity index is 1.60. The summed E-state index contributed by atoms with van der Waals surface area (Å²) in [5, 5.41) is 3.62. The highest BCUT2D eigenvalue weighted by Gasteiger charge is 2.16. The molecule has 1 aliphatic rings. The molecule has 3 nitrogen and oxygen atoms in total. The molecule has 2 aromatic carbocycles. The normalized spacial score (nSPS) is 16.0. The van der Waals surface area contributed by atoms with Crippen molar-refractivity contribution in [2.24, 2.45) is 5.92 Å². The van der Waals surface area contributed by atoms with Crippen LogP contribution in [0.15, 0.2) is 42.5 Å². The lowest BCUT2D eigenvalue weighted by molar-refractivity contribution is 0.102. The Hall–Kier alpha value is -1.84. The molecule has 0 unspecified atom stereocenters. The molecule has 0 saturated carbocycles. The van der Waals surface area contributed by atoms with Crippen molar-refractivity contribution in [2.45, 2.75) is 33.2 Å². The van der Waals surface area contributed by atoms with Gasteiger partial charge in [0.1, 0.15) is 0 Å². The molecule has 0 aromatic heterocycles. The summed E-state index contributed by atoms with van der Waals surface area (Å²) >= 11 is 5.96. The largest absolute Gasteiger partial charge is 0.322 e. The van der Waals surface area contributed by atoms with Gasteiger partial charge in [-0.2, -0.15) is 0 Å². The highest BCUT2D eigenvalue weighted by Crippen LogP contribution is 2.21. The molecule has 132 valence electrons. The Morgan fingerprint density at radius 3 is 2.48 bits per heavy atom. The van der Waals surface area contributed by atoms with E-state index in [4.69, 9.17) is 11.6 Å². The van der Waals surface area contributed by atoms with E-state index in [9.17, 15) is 4.79 Å². The van der Waals surface area contributed by atoms with Crippen molar-refractivity contribution in [1.29, 1.82) is 0 Å². The van der Waals surface area contributed by atoms with E-state index in [1.807, 2.05) is 31.2 Å². The molecule has 1 amide bonds. The van der Waals surface area contributed by atoms with E-state index in [-0.39, 0.29) is 5.91 Å². The van der Waals surface area contributed by atoms with Crippen LogP contribution in [0.5, 0.6) is 0 Å². The van der Waals surface area contributed by atoms with Gasteiger partial charge in [0.05, 0.1) is 0 Å². The molecule has 1 saturated heterocycles. The number of benzene rings is 2. The van der Waals surface area contributed by atoms with Gasteiger partial charge in [0, 0.05) is 22.8 Å². The number of piperidine rings is 1. The zero-order valence-corrected chi connectivity index (χ0v) is 15.6. The molecular formula is C21H25ClN2O. The lowest BCUT2D eigenvalue weighted by atomic mass is 9.99. The van der Waals surface area contributed by atoms with Gasteiger partial charge in [-0.1, -0.05) is 30.7 Å². The third-order valence-electron chi connectivity index (χ3n) is 4.94. The van der Waals surface area contributed by atoms with Crippen molar-refractivity contribution in [3.63, 3.8) is 0 Å². The van der Waals surface area contributed by atoms with Gasteiger partial charge >= 0.3 is 0 Å². The Morgan fingerprint density at radius 2 is 1.84 bits per heavy atom. The Bertz CT molecular complexity index is 734. The van der Waals surface area contributed by atoms with E-state index >= 15 is 0 Å². The second-order valence-corrected chi connectivity index (χ2v) is 7.51. The van der Waals surface area contributed by atoms with Crippen LogP contribution in [0.1, 0.15) is 41.3 Å². The number of carbonyl (C=O) groups is 1. The lowest BCUT2D eigenvalue weighted by Gasteiger charge is -2.30. The average Bonchev–Trinajstić information content (AvgIpc) is 2.60. The van der Waals surface area contributed by atoms with E-state index in [1.165, 1.54) is 31.5 Å². The zero-order valence-electron chi connectivity index (χ0n) is 14.9. The third-order valence-corrected chi connectivity index (χ3v) is 5.17. The molecule has 25 heavy (non-hydrogen) atoms. The van der Waals surface area contributed by atoms with Crippen molar-refractivity contribution >= 4 is 23.2 Å². The number of likely N-dealkylation sites (tertiary alicyclic amines) is 1. The molecule has 1 aliphatic heterocycles. The van der Waals surface area contributed by atoms with Crippen molar-refractivity contribution in [2.75, 3.05) is 18.4 Å². The number of rotatable bonds is 4. The zero-order chi connectivity index (χ0) is 17.8. The number of aryl methyl sites for hydroxylation is 1. The van der Waals surface area contributed by atoms with E-state index < -0.39 is 0 Å². The number of amides is 1. The number of nitrogens with zero attached hydrogens (tertiary/aromatic N) is 1. The fourth-order valence-corrected chi connectivity index (χ4v) is 3.43. The maximum absolute atomic E-state index is 12.4. The van der Waals surface area contributed by atoms with Crippen LogP contribution in [0.3, 0.4) is 0 Å². The third kappa shape index (κ3) is 4.83. The van der Waals surface area contributed by atoms with Gasteiger partial charge in [-0.3, -0.25) is 9.69 Å². The van der Waals surface area contributed by atoms with Crippen LogP contribution in [-0.4, -0.2) is 23.9 Å². The highest BCUT2D eigenvalue weighted by molar-refractivity contribution is 6.30. The molecule has 3 rings (SSSR count). The molecule has 0 radical (unpaired) electrons. The van der Waals surface area contributed by atoms with E-state index in [1.54, 1.807) is 6.07 Å². The molecule has 0 atom stereocenters. The van der Waals surface area contributed by atoms with Crippen molar-refractivity contribution in [1.82, 2.24) is 4.90 Å². The fraction of sp³-hybridized carbons (Fsp3) is 0.381. The summed E-state index contributed by atoms with van der Waals surface area (Å²) in [5.41, 5.74) is 3.68. The predicted octanol–water partition coefficient (Wildman–Crippen LogP) is 5.13. The number of hydrogen-bond donors (Lipinski definition) is 1. The van der Waals surface area contributed by atoms with Crippen molar-refractivity contribution < 1.29 is 4.79 Å². The number of hydrogen-bond acceptors (Lipinski definition) is 2. The molecule has 1 fully saturated rings. The molecule has 4 heteroatoms. The Morgan fingerprint density at radius 1 is 1.16 bits per heavy atom. The minimum Gasteiger partial charge on any atom is -0.322 e. The van der Waals surface area contributed by atoms with Crippen LogP contribution < -0.4 is 5.32 Å². The molecule has 0 bridgehead atoms. The first kappa shape index (κ1) is 18.0. The van der Waals surface area contributed by atoms with Crippen LogP contribution in [0.25, 0.3) is 0 Å². The SMILES string of the molecule is Cc1cc(Cl)ccc1NC(=O)c1ccc(CN2CCC(C)CC2)cc1. The van der Waals surface area contributed by atoms with E-state index in [0.29, 0.717) is 10.6 Å². The van der Waals surface area contributed by atoms with E-state index in [0.717, 1.165) is 23.7 Å². The summed E-state index contributed by atoms with van der Waals surface area (Å²) < 4.78 is 0. The van der Waals surface area contributed by atoms with Gasteiger partial charge in [-0.25, -0.2) is 0 Å². The van der Waals surface area contributed by atoms with Gasteiger partial charge in [0.2, 0.25) is 0 Å². The summed E-state index contributed by atoms with van der Waals surface area (Å²) in [6, 6.07) is 13.4.